The minimum atomic E-state index is -0.917. The van der Waals surface area contributed by atoms with E-state index in [0.717, 1.165) is 0 Å². The summed E-state index contributed by atoms with van der Waals surface area (Å²) in [5, 5.41) is 0. The average Bonchev–Trinajstić information content (AvgIpc) is 2.08. The van der Waals surface area contributed by atoms with Gasteiger partial charge in [-0.3, -0.25) is 0 Å². The number of benzene rings is 1. The van der Waals surface area contributed by atoms with Crippen molar-refractivity contribution < 1.29 is 8.50 Å². The molecule has 0 heterocycles. The van der Waals surface area contributed by atoms with Crippen LogP contribution < -0.4 is 5.73 Å². The van der Waals surface area contributed by atoms with Crippen LogP contribution in [0.1, 0.15) is 4.11 Å². The summed E-state index contributed by atoms with van der Waals surface area (Å²) in [6, 6.07) is -1.32. The Labute approximate surface area is 65.0 Å². The highest BCUT2D eigenvalue weighted by atomic mass is 79.9. The van der Waals surface area contributed by atoms with Crippen molar-refractivity contribution in [1.82, 2.24) is 0 Å². The van der Waals surface area contributed by atoms with Crippen LogP contribution in [0.15, 0.2) is 22.6 Å². The molecule has 0 saturated carbocycles. The van der Waals surface area contributed by atoms with E-state index in [4.69, 9.17) is 9.85 Å². The molecule has 0 atom stereocenters. The minimum absolute atomic E-state index is 0.166. The van der Waals surface area contributed by atoms with E-state index >= 15 is 0 Å². The lowest BCUT2D eigenvalue weighted by molar-refractivity contribution is 0.621. The Bertz CT molecular complexity index is 237. The van der Waals surface area contributed by atoms with Gasteiger partial charge in [-0.25, -0.2) is 4.39 Å². The van der Waals surface area contributed by atoms with E-state index in [-0.39, 0.29) is 16.2 Å². The third-order valence-electron chi connectivity index (χ3n) is 0.744. The van der Waals surface area contributed by atoms with Crippen molar-refractivity contribution in [3.63, 3.8) is 0 Å². The highest BCUT2D eigenvalue weighted by molar-refractivity contribution is 9.10. The Morgan fingerprint density at radius 1 is 1.67 bits per heavy atom. The summed E-state index contributed by atoms with van der Waals surface area (Å²) in [6.07, 6.45) is 0. The van der Waals surface area contributed by atoms with Crippen LogP contribution >= 0.6 is 15.9 Å². The van der Waals surface area contributed by atoms with Gasteiger partial charge < -0.3 is 5.73 Å². The van der Waals surface area contributed by atoms with Gasteiger partial charge in [0.2, 0.25) is 0 Å². The van der Waals surface area contributed by atoms with Crippen molar-refractivity contribution >= 4 is 21.6 Å². The molecule has 0 unspecified atom stereocenters. The summed E-state index contributed by atoms with van der Waals surface area (Å²) in [5.41, 5.74) is 5.07. The van der Waals surface area contributed by atoms with Gasteiger partial charge in [0.1, 0.15) is 5.82 Å². The second-order valence-electron chi connectivity index (χ2n) is 1.42. The monoisotopic (exact) mass is 192 g/mol. The maximum atomic E-state index is 12.9. The fourth-order valence-electron chi connectivity index (χ4n) is 0.381. The molecule has 1 aromatic rings. The molecule has 0 aliphatic heterocycles. The van der Waals surface area contributed by atoms with Gasteiger partial charge in [0.05, 0.1) is 8.58 Å². The van der Waals surface area contributed by atoms with E-state index in [1.807, 2.05) is 0 Å². The Morgan fingerprint density at radius 3 is 3.00 bits per heavy atom. The number of halogens is 2. The van der Waals surface area contributed by atoms with Gasteiger partial charge in [-0.2, -0.15) is 0 Å². The molecule has 0 amide bonds. The normalized spacial score (nSPS) is 14.2. The Balaban J connectivity index is 3.60. The third kappa shape index (κ3) is 1.42. The quantitative estimate of drug-likeness (QED) is 0.627. The first-order chi connectivity index (χ1) is 5.46. The number of rotatable bonds is 0. The van der Waals surface area contributed by atoms with Gasteiger partial charge in [0.25, 0.3) is 0 Å². The van der Waals surface area contributed by atoms with Gasteiger partial charge in [-0.1, -0.05) is 0 Å². The highest BCUT2D eigenvalue weighted by Crippen LogP contribution is 2.17. The van der Waals surface area contributed by atoms with E-state index in [2.05, 4.69) is 15.9 Å². The van der Waals surface area contributed by atoms with Crippen molar-refractivity contribution in [3.8, 4) is 0 Å². The molecule has 3 heteroatoms. The summed E-state index contributed by atoms with van der Waals surface area (Å²) >= 11 is 2.77. The predicted octanol–water partition coefficient (Wildman–Crippen LogP) is 2.17. The van der Waals surface area contributed by atoms with Crippen LogP contribution in [0.5, 0.6) is 0 Å². The fraction of sp³-hybridized carbons (Fsp3) is 0. The molecule has 48 valence electrons. The first-order valence-corrected chi connectivity index (χ1v) is 2.96. The summed E-state index contributed by atoms with van der Waals surface area (Å²) in [7, 11) is 0. The van der Waals surface area contributed by atoms with Crippen LogP contribution in [0.25, 0.3) is 0 Å². The predicted molar refractivity (Wildman–Crippen MR) is 38.5 cm³/mol. The number of nitrogens with two attached hydrogens (primary N) is 1. The van der Waals surface area contributed by atoms with Gasteiger partial charge in [0.15, 0.2) is 0 Å². The third-order valence-corrected chi connectivity index (χ3v) is 1.29. The van der Waals surface area contributed by atoms with Crippen LogP contribution in [0.2, 0.25) is 0 Å². The maximum Gasteiger partial charge on any atom is 0.137 e. The molecule has 2 N–H and O–H groups in total. The Morgan fingerprint density at radius 2 is 2.33 bits per heavy atom. The van der Waals surface area contributed by atoms with Gasteiger partial charge >= 0.3 is 0 Å². The first kappa shape index (κ1) is 3.56. The number of hydrogen-bond donors (Lipinski definition) is 1. The van der Waals surface area contributed by atoms with E-state index in [9.17, 15) is 4.39 Å². The molecular weight excluding hydrogens is 185 g/mol. The number of hydrogen-bond acceptors (Lipinski definition) is 1. The molecule has 0 bridgehead atoms. The zero-order valence-electron chi connectivity index (χ0n) is 7.33. The molecule has 1 nitrogen and oxygen atoms in total. The van der Waals surface area contributed by atoms with Crippen LogP contribution in [0, 0.1) is 5.82 Å². The van der Waals surface area contributed by atoms with Crippen LogP contribution in [0.3, 0.4) is 0 Å². The summed E-state index contributed by atoms with van der Waals surface area (Å²) in [4.78, 5) is 0. The molecule has 0 saturated heterocycles. The fourth-order valence-corrected chi connectivity index (χ4v) is 0.694. The molecular formula is C6H5BrFN. The molecule has 1 rings (SSSR count). The lowest BCUT2D eigenvalue weighted by Gasteiger charge is -1.93. The largest absolute Gasteiger partial charge is 0.399 e. The molecule has 0 spiro atoms. The summed E-state index contributed by atoms with van der Waals surface area (Å²) < 4.78 is 34.1. The van der Waals surface area contributed by atoms with Crippen LogP contribution in [0.4, 0.5) is 10.1 Å². The van der Waals surface area contributed by atoms with E-state index in [1.54, 1.807) is 0 Å². The van der Waals surface area contributed by atoms with E-state index < -0.39 is 17.9 Å². The molecule has 0 aromatic heterocycles. The summed E-state index contributed by atoms with van der Waals surface area (Å²) in [6.45, 7) is 0. The van der Waals surface area contributed by atoms with E-state index in [1.165, 1.54) is 0 Å². The lowest BCUT2D eigenvalue weighted by Crippen LogP contribution is -1.84. The molecule has 0 radical (unpaired) electrons. The van der Waals surface area contributed by atoms with Crippen molar-refractivity contribution in [2.24, 2.45) is 0 Å². The van der Waals surface area contributed by atoms with Crippen LogP contribution in [-0.2, 0) is 0 Å². The van der Waals surface area contributed by atoms with Gasteiger partial charge in [0, 0.05) is 5.69 Å². The maximum absolute atomic E-state index is 12.9. The topological polar surface area (TPSA) is 26.0 Å². The average molecular weight is 193 g/mol. The molecule has 1 aromatic carbocycles. The number of nitrogen functional groups attached to an aromatic ring is 1. The smallest absolute Gasteiger partial charge is 0.137 e. The first-order valence-electron chi connectivity index (χ1n) is 3.67. The van der Waals surface area contributed by atoms with Gasteiger partial charge in [-0.05, 0) is 34.1 Å². The molecule has 9 heavy (non-hydrogen) atoms. The van der Waals surface area contributed by atoms with Crippen molar-refractivity contribution in [2.45, 2.75) is 0 Å². The lowest BCUT2D eigenvalue weighted by atomic mass is 10.3. The second kappa shape index (κ2) is 2.35. The number of anilines is 1. The van der Waals surface area contributed by atoms with Crippen molar-refractivity contribution in [1.29, 1.82) is 0 Å². The Kier molecular flexibility index (Phi) is 0.931. The summed E-state index contributed by atoms with van der Waals surface area (Å²) in [5.74, 6) is -0.917. The van der Waals surface area contributed by atoms with Gasteiger partial charge in [-0.15, -0.1) is 0 Å². The zero-order valence-corrected chi connectivity index (χ0v) is 5.92. The highest BCUT2D eigenvalue weighted by Gasteiger charge is 1.95. The zero-order chi connectivity index (χ0) is 9.46. The van der Waals surface area contributed by atoms with E-state index in [0.29, 0.717) is 0 Å². The Hall–Kier alpha value is -0.570. The van der Waals surface area contributed by atoms with Crippen molar-refractivity contribution in [3.05, 3.63) is 28.4 Å². The molecule has 0 aliphatic carbocycles. The standard InChI is InChI=1S/C6H5BrFN/c7-5-3-4(9)1-2-6(5)8/h1-3H,9H2/i1D,2D,3D. The molecule has 0 aliphatic rings. The SMILES string of the molecule is [2H]c1c([2H])c(F)c(Br)c([2H])c1N. The second-order valence-corrected chi connectivity index (χ2v) is 2.21. The van der Waals surface area contributed by atoms with Crippen molar-refractivity contribution in [2.75, 3.05) is 5.73 Å². The molecule has 0 fully saturated rings. The van der Waals surface area contributed by atoms with Crippen LogP contribution in [-0.4, -0.2) is 0 Å². The minimum Gasteiger partial charge on any atom is -0.399 e.